The van der Waals surface area contributed by atoms with Gasteiger partial charge in [0.2, 0.25) is 5.91 Å². The Morgan fingerprint density at radius 2 is 1.57 bits per heavy atom. The standard InChI is InChI=1S/C22H31N5O/c1-4-27(5-2)20(18-12-8-6-9-13-18)16-24-22(23-3)25-17-21(28)26-19-14-10-7-11-15-19/h6-15,20H,4-5,16-17H2,1-3H3,(H,26,28)(H2,23,24,25). The average molecular weight is 382 g/mol. The second-order valence-electron chi connectivity index (χ2n) is 6.37. The third kappa shape index (κ3) is 6.70. The molecule has 1 amide bonds. The summed E-state index contributed by atoms with van der Waals surface area (Å²) in [6.45, 7) is 7.11. The maximum absolute atomic E-state index is 12.1. The van der Waals surface area contributed by atoms with Crippen LogP contribution in [0.3, 0.4) is 0 Å². The molecule has 0 aliphatic rings. The molecule has 2 rings (SSSR count). The lowest BCUT2D eigenvalue weighted by atomic mass is 10.1. The molecule has 0 radical (unpaired) electrons. The first-order valence-corrected chi connectivity index (χ1v) is 9.76. The Labute approximate surface area is 168 Å². The molecule has 0 spiro atoms. The fraction of sp³-hybridized carbons (Fsp3) is 0.364. The molecule has 0 aromatic heterocycles. The number of hydrogen-bond donors (Lipinski definition) is 3. The first kappa shape index (κ1) is 21.4. The Morgan fingerprint density at radius 3 is 2.14 bits per heavy atom. The Kier molecular flexibility index (Phi) is 9.01. The van der Waals surface area contributed by atoms with Gasteiger partial charge in [-0.05, 0) is 30.8 Å². The van der Waals surface area contributed by atoms with Crippen molar-refractivity contribution in [1.29, 1.82) is 0 Å². The van der Waals surface area contributed by atoms with Crippen LogP contribution in [-0.2, 0) is 4.79 Å². The number of guanidine groups is 1. The molecule has 2 aromatic rings. The highest BCUT2D eigenvalue weighted by Gasteiger charge is 2.18. The van der Waals surface area contributed by atoms with Gasteiger partial charge in [0.1, 0.15) is 0 Å². The number of likely N-dealkylation sites (N-methyl/N-ethyl adjacent to an activating group) is 1. The minimum atomic E-state index is -0.113. The van der Waals surface area contributed by atoms with Gasteiger partial charge in [0.25, 0.3) is 0 Å². The Bertz CT molecular complexity index is 729. The van der Waals surface area contributed by atoms with E-state index in [1.165, 1.54) is 5.56 Å². The maximum Gasteiger partial charge on any atom is 0.243 e. The van der Waals surface area contributed by atoms with Crippen molar-refractivity contribution in [3.8, 4) is 0 Å². The molecule has 1 atom stereocenters. The molecule has 6 nitrogen and oxygen atoms in total. The van der Waals surface area contributed by atoms with Gasteiger partial charge in [0, 0.05) is 19.3 Å². The van der Waals surface area contributed by atoms with Gasteiger partial charge in [-0.1, -0.05) is 62.4 Å². The zero-order valence-electron chi connectivity index (χ0n) is 17.0. The summed E-state index contributed by atoms with van der Waals surface area (Å²) in [5, 5.41) is 9.29. The molecular weight excluding hydrogens is 350 g/mol. The van der Waals surface area contributed by atoms with E-state index in [0.29, 0.717) is 12.5 Å². The van der Waals surface area contributed by atoms with Crippen LogP contribution in [0.2, 0.25) is 0 Å². The molecular formula is C22H31N5O. The fourth-order valence-electron chi connectivity index (χ4n) is 3.10. The summed E-state index contributed by atoms with van der Waals surface area (Å²) in [6, 6.07) is 20.1. The fourth-order valence-corrected chi connectivity index (χ4v) is 3.10. The SMILES string of the molecule is CCN(CC)C(CNC(=NC)NCC(=O)Nc1ccccc1)c1ccccc1. The molecule has 0 saturated carbocycles. The molecule has 0 saturated heterocycles. The van der Waals surface area contributed by atoms with Crippen molar-refractivity contribution < 1.29 is 4.79 Å². The molecule has 150 valence electrons. The van der Waals surface area contributed by atoms with Crippen molar-refractivity contribution in [3.05, 3.63) is 66.2 Å². The van der Waals surface area contributed by atoms with Crippen molar-refractivity contribution in [2.24, 2.45) is 4.99 Å². The van der Waals surface area contributed by atoms with Gasteiger partial charge in [-0.25, -0.2) is 0 Å². The van der Waals surface area contributed by atoms with Gasteiger partial charge in [0.05, 0.1) is 12.6 Å². The average Bonchev–Trinajstić information content (AvgIpc) is 2.74. The maximum atomic E-state index is 12.1. The van der Waals surface area contributed by atoms with E-state index in [-0.39, 0.29) is 18.5 Å². The molecule has 2 aromatic carbocycles. The summed E-state index contributed by atoms with van der Waals surface area (Å²) in [6.07, 6.45) is 0. The third-order valence-corrected chi connectivity index (χ3v) is 4.60. The Morgan fingerprint density at radius 1 is 0.964 bits per heavy atom. The molecule has 3 N–H and O–H groups in total. The molecule has 6 heteroatoms. The quantitative estimate of drug-likeness (QED) is 0.461. The molecule has 1 unspecified atom stereocenters. The lowest BCUT2D eigenvalue weighted by molar-refractivity contribution is -0.115. The molecule has 0 heterocycles. The minimum Gasteiger partial charge on any atom is -0.354 e. The number of aliphatic imine (C=N–C) groups is 1. The van der Waals surface area contributed by atoms with Gasteiger partial charge in [-0.3, -0.25) is 14.7 Å². The summed E-state index contributed by atoms with van der Waals surface area (Å²) in [7, 11) is 1.71. The lowest BCUT2D eigenvalue weighted by Gasteiger charge is -2.30. The zero-order chi connectivity index (χ0) is 20.2. The number of para-hydroxylation sites is 1. The second kappa shape index (κ2) is 11.8. The van der Waals surface area contributed by atoms with Crippen molar-refractivity contribution in [1.82, 2.24) is 15.5 Å². The number of anilines is 1. The van der Waals surface area contributed by atoms with Crippen LogP contribution in [0, 0.1) is 0 Å². The van der Waals surface area contributed by atoms with Crippen LogP contribution in [0.1, 0.15) is 25.5 Å². The van der Waals surface area contributed by atoms with Gasteiger partial charge < -0.3 is 16.0 Å². The van der Waals surface area contributed by atoms with Crippen LogP contribution in [0.15, 0.2) is 65.7 Å². The predicted octanol–water partition coefficient (Wildman–Crippen LogP) is 2.87. The number of carbonyl (C=O) groups is 1. The lowest BCUT2D eigenvalue weighted by Crippen LogP contribution is -2.45. The summed E-state index contributed by atoms with van der Waals surface area (Å²) in [4.78, 5) is 18.8. The monoisotopic (exact) mass is 381 g/mol. The van der Waals surface area contributed by atoms with E-state index in [1.54, 1.807) is 7.05 Å². The summed E-state index contributed by atoms with van der Waals surface area (Å²) >= 11 is 0. The van der Waals surface area contributed by atoms with Crippen LogP contribution in [0.5, 0.6) is 0 Å². The van der Waals surface area contributed by atoms with E-state index in [4.69, 9.17) is 0 Å². The number of rotatable bonds is 9. The highest BCUT2D eigenvalue weighted by molar-refractivity contribution is 5.94. The van der Waals surface area contributed by atoms with Crippen LogP contribution in [-0.4, -0.2) is 50.0 Å². The normalized spacial score (nSPS) is 12.5. The predicted molar refractivity (Wildman–Crippen MR) is 117 cm³/mol. The largest absolute Gasteiger partial charge is 0.354 e. The van der Waals surface area contributed by atoms with E-state index in [0.717, 1.165) is 18.8 Å². The number of benzene rings is 2. The summed E-state index contributed by atoms with van der Waals surface area (Å²) < 4.78 is 0. The van der Waals surface area contributed by atoms with Crippen molar-refractivity contribution in [2.75, 3.05) is 38.5 Å². The Hall–Kier alpha value is -2.86. The number of nitrogens with one attached hydrogen (secondary N) is 3. The molecule has 0 aliphatic carbocycles. The van der Waals surface area contributed by atoms with Crippen LogP contribution in [0.25, 0.3) is 0 Å². The topological polar surface area (TPSA) is 68.8 Å². The Balaban J connectivity index is 1.90. The third-order valence-electron chi connectivity index (χ3n) is 4.60. The highest BCUT2D eigenvalue weighted by Crippen LogP contribution is 2.19. The summed E-state index contributed by atoms with van der Waals surface area (Å²) in [5.41, 5.74) is 2.04. The first-order chi connectivity index (χ1) is 13.7. The van der Waals surface area contributed by atoms with E-state index < -0.39 is 0 Å². The van der Waals surface area contributed by atoms with E-state index in [2.05, 4.69) is 64.0 Å². The van der Waals surface area contributed by atoms with Crippen molar-refractivity contribution in [3.63, 3.8) is 0 Å². The number of amides is 1. The minimum absolute atomic E-state index is 0.113. The number of hydrogen-bond acceptors (Lipinski definition) is 3. The van der Waals surface area contributed by atoms with Crippen molar-refractivity contribution >= 4 is 17.6 Å². The smallest absolute Gasteiger partial charge is 0.243 e. The molecule has 0 bridgehead atoms. The van der Waals surface area contributed by atoms with Gasteiger partial charge >= 0.3 is 0 Å². The summed E-state index contributed by atoms with van der Waals surface area (Å²) in [5.74, 6) is 0.494. The number of nitrogens with zero attached hydrogens (tertiary/aromatic N) is 2. The van der Waals surface area contributed by atoms with Crippen LogP contribution >= 0.6 is 0 Å². The zero-order valence-corrected chi connectivity index (χ0v) is 17.0. The van der Waals surface area contributed by atoms with E-state index in [1.807, 2.05) is 36.4 Å². The number of carbonyl (C=O) groups excluding carboxylic acids is 1. The van der Waals surface area contributed by atoms with Crippen LogP contribution in [0.4, 0.5) is 5.69 Å². The van der Waals surface area contributed by atoms with E-state index in [9.17, 15) is 4.79 Å². The van der Waals surface area contributed by atoms with Crippen LogP contribution < -0.4 is 16.0 Å². The van der Waals surface area contributed by atoms with Crippen molar-refractivity contribution in [2.45, 2.75) is 19.9 Å². The molecule has 28 heavy (non-hydrogen) atoms. The van der Waals surface area contributed by atoms with Gasteiger partial charge in [-0.2, -0.15) is 0 Å². The van der Waals surface area contributed by atoms with Gasteiger partial charge in [-0.15, -0.1) is 0 Å². The molecule has 0 fully saturated rings. The van der Waals surface area contributed by atoms with E-state index >= 15 is 0 Å². The first-order valence-electron chi connectivity index (χ1n) is 9.76. The van der Waals surface area contributed by atoms with Gasteiger partial charge in [0.15, 0.2) is 5.96 Å². The second-order valence-corrected chi connectivity index (χ2v) is 6.37. The molecule has 0 aliphatic heterocycles. The highest BCUT2D eigenvalue weighted by atomic mass is 16.1.